The summed E-state index contributed by atoms with van der Waals surface area (Å²) in [6.07, 6.45) is 3.39. The van der Waals surface area contributed by atoms with Crippen LogP contribution in [0, 0.1) is 0 Å². The lowest BCUT2D eigenvalue weighted by molar-refractivity contribution is 0.734. The van der Waals surface area contributed by atoms with Crippen LogP contribution in [-0.2, 0) is 11.8 Å². The van der Waals surface area contributed by atoms with Crippen LogP contribution in [0.15, 0.2) is 218 Å². The number of rotatable bonds is 7. The van der Waals surface area contributed by atoms with Gasteiger partial charge in [-0.1, -0.05) is 195 Å². The highest BCUT2D eigenvalue weighted by atomic mass is 32.1. The van der Waals surface area contributed by atoms with E-state index in [4.69, 9.17) is 0 Å². The van der Waals surface area contributed by atoms with Gasteiger partial charge in [0.2, 0.25) is 0 Å². The Bertz CT molecular complexity index is 3730. The summed E-state index contributed by atoms with van der Waals surface area (Å²) in [5, 5.41) is 5.16. The van der Waals surface area contributed by atoms with E-state index in [-0.39, 0.29) is 6.85 Å². The number of thiophene rings is 1. The Labute approximate surface area is 396 Å². The van der Waals surface area contributed by atoms with Gasteiger partial charge in [0.05, 0.1) is 11.1 Å². The Balaban J connectivity index is 1.17. The first kappa shape index (κ1) is 38.6. The molecule has 3 aliphatic heterocycles. The van der Waals surface area contributed by atoms with Crippen molar-refractivity contribution in [1.29, 1.82) is 0 Å². The highest BCUT2D eigenvalue weighted by Gasteiger charge is 2.54. The number of hydrogen-bond donors (Lipinski definition) is 0. The molecule has 0 radical (unpaired) electrons. The molecule has 67 heavy (non-hydrogen) atoms. The van der Waals surface area contributed by atoms with Gasteiger partial charge in [-0.3, -0.25) is 0 Å². The minimum atomic E-state index is -0.580. The van der Waals surface area contributed by atoms with Gasteiger partial charge < -0.3 is 9.71 Å². The molecule has 4 heterocycles. The Morgan fingerprint density at radius 3 is 1.96 bits per heavy atom. The smallest absolute Gasteiger partial charge is 0.334 e. The molecular weight excluding hydrogens is 828 g/mol. The van der Waals surface area contributed by atoms with Crippen LogP contribution in [0.2, 0.25) is 0 Å². The number of fused-ring (bicyclic) bond motifs is 12. The van der Waals surface area contributed by atoms with Gasteiger partial charge >= 0.3 is 6.85 Å². The summed E-state index contributed by atoms with van der Waals surface area (Å²) in [5.74, 6) is 0. The van der Waals surface area contributed by atoms with E-state index in [1.807, 2.05) is 11.3 Å². The molecular formula is C63H45BN2S. The largest absolute Gasteiger partial charge is 0.376 e. The zero-order valence-corrected chi connectivity index (χ0v) is 38.1. The van der Waals surface area contributed by atoms with E-state index < -0.39 is 5.41 Å². The van der Waals surface area contributed by atoms with Crippen molar-refractivity contribution >= 4 is 88.5 Å². The van der Waals surface area contributed by atoms with Crippen molar-refractivity contribution in [2.24, 2.45) is 0 Å². The molecule has 0 spiro atoms. The third kappa shape index (κ3) is 5.39. The number of anilines is 5. The van der Waals surface area contributed by atoms with E-state index in [0.29, 0.717) is 0 Å². The summed E-state index contributed by atoms with van der Waals surface area (Å²) in [4.78, 5) is 5.42. The predicted molar refractivity (Wildman–Crippen MR) is 286 cm³/mol. The first-order valence-electron chi connectivity index (χ1n) is 23.9. The van der Waals surface area contributed by atoms with Gasteiger partial charge in [0.1, 0.15) is 0 Å². The van der Waals surface area contributed by atoms with Crippen LogP contribution in [0.1, 0.15) is 47.6 Å². The van der Waals surface area contributed by atoms with Gasteiger partial charge in [-0.2, -0.15) is 0 Å². The Morgan fingerprint density at radius 1 is 0.493 bits per heavy atom. The molecule has 0 unspecified atom stereocenters. The van der Waals surface area contributed by atoms with Crippen molar-refractivity contribution < 1.29 is 0 Å². The second-order valence-corrected chi connectivity index (χ2v) is 19.6. The van der Waals surface area contributed by atoms with E-state index in [9.17, 15) is 0 Å². The number of unbranched alkanes of at least 4 members (excludes halogenated alkanes) is 1. The fourth-order valence-electron chi connectivity index (χ4n) is 12.3. The van der Waals surface area contributed by atoms with E-state index in [1.54, 1.807) is 0 Å². The molecule has 2 nitrogen and oxygen atoms in total. The molecule has 0 saturated carbocycles. The van der Waals surface area contributed by atoms with Crippen LogP contribution in [-0.4, -0.2) is 6.85 Å². The van der Waals surface area contributed by atoms with Gasteiger partial charge in [-0.05, 0) is 110 Å². The summed E-state index contributed by atoms with van der Waals surface area (Å²) >= 11 is 1.95. The van der Waals surface area contributed by atoms with Gasteiger partial charge in [-0.15, -0.1) is 11.3 Å². The number of para-hydroxylation sites is 2. The molecule has 14 rings (SSSR count). The molecule has 1 aromatic heterocycles. The average Bonchev–Trinajstić information content (AvgIpc) is 3.78. The van der Waals surface area contributed by atoms with Crippen LogP contribution in [0.4, 0.5) is 28.4 Å². The Hall–Kier alpha value is -7.66. The second-order valence-electron chi connectivity index (χ2n) is 18.5. The number of hydrogen-bond acceptors (Lipinski definition) is 3. The molecule has 0 saturated heterocycles. The number of aryl methyl sites for hydroxylation is 1. The van der Waals surface area contributed by atoms with Crippen LogP contribution < -0.4 is 20.6 Å². The van der Waals surface area contributed by atoms with E-state index in [2.05, 4.69) is 235 Å². The molecule has 4 heteroatoms. The fraction of sp³-hybridized carbons (Fsp3) is 0.0794. The highest BCUT2D eigenvalue weighted by Crippen LogP contribution is 2.61. The normalized spacial score (nSPS) is 14.0. The molecule has 10 aromatic carbocycles. The zero-order chi connectivity index (χ0) is 44.2. The molecule has 0 atom stereocenters. The molecule has 0 fully saturated rings. The van der Waals surface area contributed by atoms with Crippen molar-refractivity contribution in [3.05, 3.63) is 246 Å². The highest BCUT2D eigenvalue weighted by molar-refractivity contribution is 7.27. The predicted octanol–water partition coefficient (Wildman–Crippen LogP) is 15.6. The molecule has 316 valence electrons. The lowest BCUT2D eigenvalue weighted by atomic mass is 9.41. The number of benzene rings is 10. The van der Waals surface area contributed by atoms with E-state index >= 15 is 0 Å². The van der Waals surface area contributed by atoms with Crippen LogP contribution in [0.25, 0.3) is 53.2 Å². The van der Waals surface area contributed by atoms with Crippen molar-refractivity contribution in [2.75, 3.05) is 9.71 Å². The summed E-state index contributed by atoms with van der Waals surface area (Å²) in [7, 11) is 0. The minimum absolute atomic E-state index is 0.138. The van der Waals surface area contributed by atoms with Crippen molar-refractivity contribution in [3.63, 3.8) is 0 Å². The van der Waals surface area contributed by atoms with E-state index in [1.165, 1.54) is 133 Å². The summed E-state index contributed by atoms with van der Waals surface area (Å²) in [6.45, 7) is 2.15. The zero-order valence-electron chi connectivity index (χ0n) is 37.3. The second kappa shape index (κ2) is 14.9. The Kier molecular flexibility index (Phi) is 8.60. The van der Waals surface area contributed by atoms with Gasteiger partial charge in [0.25, 0.3) is 0 Å². The summed E-state index contributed by atoms with van der Waals surface area (Å²) < 4.78 is 2.66. The molecule has 3 aliphatic rings. The first-order chi connectivity index (χ1) is 33.2. The maximum absolute atomic E-state index is 2.77. The van der Waals surface area contributed by atoms with Gasteiger partial charge in [0.15, 0.2) is 0 Å². The van der Waals surface area contributed by atoms with Crippen molar-refractivity contribution in [3.8, 4) is 22.3 Å². The molecule has 0 N–H and O–H groups in total. The third-order valence-corrected chi connectivity index (χ3v) is 16.3. The summed E-state index contributed by atoms with van der Waals surface area (Å²) in [6, 6.07) is 82.9. The molecule has 11 aromatic rings. The third-order valence-electron chi connectivity index (χ3n) is 15.1. The van der Waals surface area contributed by atoms with Crippen LogP contribution in [0.5, 0.6) is 0 Å². The van der Waals surface area contributed by atoms with Crippen LogP contribution in [0.3, 0.4) is 0 Å². The SMILES string of the molecule is CCCCc1ccc(N2c3cc4ccccc4c4c3B(c3c2ccc2c3sc3ccccc32)N2c3ccccc3C(c3ccccc3)(c3ccccc3)c3cccc-4c32)c(-c2ccccc2)c1. The lowest BCUT2D eigenvalue weighted by Crippen LogP contribution is -2.63. The first-order valence-corrected chi connectivity index (χ1v) is 24.7. The maximum atomic E-state index is 2.77. The van der Waals surface area contributed by atoms with Gasteiger partial charge in [0, 0.05) is 54.0 Å². The molecule has 0 aliphatic carbocycles. The Morgan fingerprint density at radius 2 is 1.16 bits per heavy atom. The number of nitrogens with zero attached hydrogens (tertiary/aromatic N) is 2. The fourth-order valence-corrected chi connectivity index (χ4v) is 13.6. The topological polar surface area (TPSA) is 6.48 Å². The average molecular weight is 873 g/mol. The summed E-state index contributed by atoms with van der Waals surface area (Å²) in [5.41, 5.74) is 20.0. The minimum Gasteiger partial charge on any atom is -0.376 e. The van der Waals surface area contributed by atoms with Crippen molar-refractivity contribution in [1.82, 2.24) is 0 Å². The molecule has 0 bridgehead atoms. The standard InChI is InChI=1S/C63H45BN2S/c1-2-3-20-41-35-37-53(50(39-41)42-21-7-4-8-22-42)65-55-38-36-48-47-29-15-18-34-57(47)67-62(48)60(55)64-59-56(65)40-43-23-13-14-28-46(43)58(59)49-30-19-32-52-61(49)66(64)54-33-17-16-31-51(54)63(52,44-24-9-5-10-25-44)45-26-11-6-12-27-45/h4-19,21-40H,2-3,20H2,1H3. The maximum Gasteiger partial charge on any atom is 0.334 e. The van der Waals surface area contributed by atoms with Crippen molar-refractivity contribution in [2.45, 2.75) is 31.6 Å². The van der Waals surface area contributed by atoms with E-state index in [0.717, 1.165) is 6.42 Å². The monoisotopic (exact) mass is 872 g/mol. The quantitative estimate of drug-likeness (QED) is 0.147. The lowest BCUT2D eigenvalue weighted by Gasteiger charge is -2.53. The van der Waals surface area contributed by atoms with Crippen LogP contribution >= 0.6 is 11.3 Å². The van der Waals surface area contributed by atoms with Gasteiger partial charge in [-0.25, -0.2) is 0 Å². The molecule has 0 amide bonds.